The van der Waals surface area contributed by atoms with E-state index in [0.717, 1.165) is 27.3 Å². The first kappa shape index (κ1) is 27.7. The zero-order valence-corrected chi connectivity index (χ0v) is 22.2. The second kappa shape index (κ2) is 11.7. The molecular formula is C25H34ClN3O4S. The topological polar surface area (TPSA) is 86.8 Å². The van der Waals surface area contributed by atoms with Gasteiger partial charge in [0.25, 0.3) is 0 Å². The van der Waals surface area contributed by atoms with Crippen LogP contribution in [0.4, 0.5) is 5.69 Å². The molecular weight excluding hydrogens is 474 g/mol. The molecule has 34 heavy (non-hydrogen) atoms. The molecule has 0 aliphatic heterocycles. The highest BCUT2D eigenvalue weighted by Crippen LogP contribution is 2.25. The van der Waals surface area contributed by atoms with Crippen LogP contribution in [0.3, 0.4) is 0 Å². The van der Waals surface area contributed by atoms with Gasteiger partial charge in [-0.05, 0) is 61.6 Å². The molecule has 2 amide bonds. The van der Waals surface area contributed by atoms with Crippen LogP contribution in [0.5, 0.6) is 0 Å². The zero-order chi connectivity index (χ0) is 25.6. The van der Waals surface area contributed by atoms with Gasteiger partial charge in [-0.2, -0.15) is 0 Å². The molecule has 2 aromatic rings. The number of carbonyl (C=O) groups is 2. The SMILES string of the molecule is Cc1cccc(N(CC(=O)N(Cc2ccc(Cl)cc2)[C@H](C)C(=O)NCC(C)C)S(C)(=O)=O)c1C. The minimum absolute atomic E-state index is 0.136. The van der Waals surface area contributed by atoms with Gasteiger partial charge < -0.3 is 10.2 Å². The van der Waals surface area contributed by atoms with Gasteiger partial charge in [-0.15, -0.1) is 0 Å². The lowest BCUT2D eigenvalue weighted by atomic mass is 10.1. The molecule has 0 fully saturated rings. The molecule has 0 aromatic heterocycles. The van der Waals surface area contributed by atoms with Crippen LogP contribution in [-0.2, 0) is 26.2 Å². The van der Waals surface area contributed by atoms with Crippen LogP contribution in [0.2, 0.25) is 5.02 Å². The Bertz CT molecular complexity index is 1120. The Morgan fingerprint density at radius 2 is 1.65 bits per heavy atom. The van der Waals surface area contributed by atoms with Gasteiger partial charge in [-0.1, -0.05) is 49.7 Å². The molecule has 0 aliphatic carbocycles. The molecule has 0 saturated heterocycles. The fourth-order valence-electron chi connectivity index (χ4n) is 3.42. The maximum atomic E-state index is 13.5. The number of halogens is 1. The van der Waals surface area contributed by atoms with Crippen LogP contribution < -0.4 is 9.62 Å². The summed E-state index contributed by atoms with van der Waals surface area (Å²) in [5.74, 6) is -0.524. The third-order valence-electron chi connectivity index (χ3n) is 5.64. The Morgan fingerprint density at radius 1 is 1.03 bits per heavy atom. The number of nitrogens with one attached hydrogen (secondary N) is 1. The summed E-state index contributed by atoms with van der Waals surface area (Å²) in [6, 6.07) is 11.5. The van der Waals surface area contributed by atoms with Gasteiger partial charge >= 0.3 is 0 Å². The number of benzene rings is 2. The molecule has 1 N–H and O–H groups in total. The molecule has 0 bridgehead atoms. The fourth-order valence-corrected chi connectivity index (χ4v) is 4.45. The minimum Gasteiger partial charge on any atom is -0.354 e. The number of hydrogen-bond acceptors (Lipinski definition) is 4. The second-order valence-electron chi connectivity index (χ2n) is 8.95. The summed E-state index contributed by atoms with van der Waals surface area (Å²) in [4.78, 5) is 27.8. The van der Waals surface area contributed by atoms with E-state index >= 15 is 0 Å². The van der Waals surface area contributed by atoms with Crippen LogP contribution in [0.15, 0.2) is 42.5 Å². The summed E-state index contributed by atoms with van der Waals surface area (Å²) in [5.41, 5.74) is 2.91. The highest BCUT2D eigenvalue weighted by molar-refractivity contribution is 7.92. The quantitative estimate of drug-likeness (QED) is 0.528. The Kier molecular flexibility index (Phi) is 9.53. The normalized spacial score (nSPS) is 12.4. The molecule has 0 saturated carbocycles. The summed E-state index contributed by atoms with van der Waals surface area (Å²) in [6.07, 6.45) is 1.07. The molecule has 0 heterocycles. The first-order valence-corrected chi connectivity index (χ1v) is 13.4. The fraction of sp³-hybridized carbons (Fsp3) is 0.440. The summed E-state index contributed by atoms with van der Waals surface area (Å²) >= 11 is 5.99. The van der Waals surface area contributed by atoms with Crippen molar-refractivity contribution in [2.75, 3.05) is 23.7 Å². The number of anilines is 1. The van der Waals surface area contributed by atoms with Gasteiger partial charge in [0.1, 0.15) is 12.6 Å². The number of amides is 2. The average Bonchev–Trinajstić information content (AvgIpc) is 2.76. The van der Waals surface area contributed by atoms with Gasteiger partial charge in [-0.25, -0.2) is 8.42 Å². The van der Waals surface area contributed by atoms with E-state index in [4.69, 9.17) is 11.6 Å². The maximum absolute atomic E-state index is 13.5. The number of carbonyl (C=O) groups excluding carboxylic acids is 2. The molecule has 186 valence electrons. The smallest absolute Gasteiger partial charge is 0.244 e. The van der Waals surface area contributed by atoms with Crippen LogP contribution in [-0.4, -0.2) is 50.5 Å². The lowest BCUT2D eigenvalue weighted by Crippen LogP contribution is -2.51. The monoisotopic (exact) mass is 507 g/mol. The van der Waals surface area contributed by atoms with E-state index in [1.807, 2.05) is 33.8 Å². The summed E-state index contributed by atoms with van der Waals surface area (Å²) in [7, 11) is -3.76. The zero-order valence-electron chi connectivity index (χ0n) is 20.6. The molecule has 1 atom stereocenters. The van der Waals surface area contributed by atoms with Crippen molar-refractivity contribution >= 4 is 39.1 Å². The van der Waals surface area contributed by atoms with Crippen molar-refractivity contribution in [1.29, 1.82) is 0 Å². The third-order valence-corrected chi connectivity index (χ3v) is 7.02. The largest absolute Gasteiger partial charge is 0.354 e. The van der Waals surface area contributed by atoms with Gasteiger partial charge in [0, 0.05) is 18.1 Å². The number of rotatable bonds is 10. The Balaban J connectivity index is 2.40. The highest BCUT2D eigenvalue weighted by atomic mass is 35.5. The first-order chi connectivity index (χ1) is 15.8. The Hall–Kier alpha value is -2.58. The van der Waals surface area contributed by atoms with Crippen LogP contribution in [0, 0.1) is 19.8 Å². The Labute approximate surface area is 208 Å². The molecule has 0 unspecified atom stereocenters. The minimum atomic E-state index is -3.76. The van der Waals surface area contributed by atoms with Gasteiger partial charge in [0.05, 0.1) is 11.9 Å². The average molecular weight is 508 g/mol. The lowest BCUT2D eigenvalue weighted by molar-refractivity contribution is -0.139. The summed E-state index contributed by atoms with van der Waals surface area (Å²) in [6.45, 7) is 9.51. The summed E-state index contributed by atoms with van der Waals surface area (Å²) in [5, 5.41) is 3.42. The van der Waals surface area contributed by atoms with Crippen molar-refractivity contribution < 1.29 is 18.0 Å². The number of hydrogen-bond donors (Lipinski definition) is 1. The van der Waals surface area contributed by atoms with Crippen molar-refractivity contribution in [3.8, 4) is 0 Å². The number of aryl methyl sites for hydroxylation is 1. The number of nitrogens with zero attached hydrogens (tertiary/aromatic N) is 2. The van der Waals surface area contributed by atoms with Crippen molar-refractivity contribution in [2.45, 2.75) is 47.2 Å². The molecule has 0 spiro atoms. The molecule has 9 heteroatoms. The van der Waals surface area contributed by atoms with E-state index in [1.54, 1.807) is 43.3 Å². The van der Waals surface area contributed by atoms with E-state index < -0.39 is 28.5 Å². The van der Waals surface area contributed by atoms with Gasteiger partial charge in [0.2, 0.25) is 21.8 Å². The van der Waals surface area contributed by atoms with E-state index in [-0.39, 0.29) is 18.4 Å². The Morgan fingerprint density at radius 3 is 2.21 bits per heavy atom. The maximum Gasteiger partial charge on any atom is 0.244 e. The standard InChI is InChI=1S/C25H34ClN3O4S/c1-17(2)14-27-25(31)20(5)28(15-21-10-12-22(26)13-11-21)24(30)16-29(34(6,32)33)23-9-7-8-18(3)19(23)4/h7-13,17,20H,14-16H2,1-6H3,(H,27,31)/t20-/m1/s1. The van der Waals surface area contributed by atoms with Crippen molar-refractivity contribution in [1.82, 2.24) is 10.2 Å². The molecule has 0 radical (unpaired) electrons. The van der Waals surface area contributed by atoms with E-state index in [1.165, 1.54) is 4.90 Å². The lowest BCUT2D eigenvalue weighted by Gasteiger charge is -2.32. The third kappa shape index (κ3) is 7.46. The van der Waals surface area contributed by atoms with Gasteiger partial charge in [-0.3, -0.25) is 13.9 Å². The van der Waals surface area contributed by atoms with Gasteiger partial charge in [0.15, 0.2) is 0 Å². The van der Waals surface area contributed by atoms with Crippen LogP contribution in [0.1, 0.15) is 37.5 Å². The van der Waals surface area contributed by atoms with Crippen molar-refractivity contribution in [2.24, 2.45) is 5.92 Å². The predicted molar refractivity (Wildman–Crippen MR) is 137 cm³/mol. The first-order valence-electron chi connectivity index (χ1n) is 11.2. The van der Waals surface area contributed by atoms with Crippen molar-refractivity contribution in [3.05, 3.63) is 64.2 Å². The predicted octanol–water partition coefficient (Wildman–Crippen LogP) is 3.91. The molecule has 2 aromatic carbocycles. The molecule has 0 aliphatic rings. The molecule has 7 nitrogen and oxygen atoms in total. The van der Waals surface area contributed by atoms with Crippen LogP contribution in [0.25, 0.3) is 0 Å². The second-order valence-corrected chi connectivity index (χ2v) is 11.3. The summed E-state index contributed by atoms with van der Waals surface area (Å²) < 4.78 is 26.5. The van der Waals surface area contributed by atoms with Crippen molar-refractivity contribution in [3.63, 3.8) is 0 Å². The van der Waals surface area contributed by atoms with Crippen LogP contribution >= 0.6 is 11.6 Å². The van der Waals surface area contributed by atoms with E-state index in [0.29, 0.717) is 17.3 Å². The van der Waals surface area contributed by atoms with E-state index in [2.05, 4.69) is 5.32 Å². The number of sulfonamides is 1. The van der Waals surface area contributed by atoms with E-state index in [9.17, 15) is 18.0 Å². The highest BCUT2D eigenvalue weighted by Gasteiger charge is 2.30. The molecule has 2 rings (SSSR count).